The first-order valence-electron chi connectivity index (χ1n) is 8.27. The molecule has 2 saturated carbocycles. The van der Waals surface area contributed by atoms with Gasteiger partial charge in [-0.25, -0.2) is 8.42 Å². The predicted octanol–water partition coefficient (Wildman–Crippen LogP) is 2.90. The number of allylic oxidation sites excluding steroid dienone is 2. The monoisotopic (exact) mass is 311 g/mol. The standard InChI is InChI=1S/C16H25NO3S/c18-15-14-12-13(14)8-6-4-2-1-3-5-7-9-16(10-11-16)21(19,20)17-15/h6,8,13-14H,1-5,7,9-12H2,(H,17,18)/b8-6-/t13-,14+/m1/s1. The number of carbonyl (C=O) groups is 1. The lowest BCUT2D eigenvalue weighted by Gasteiger charge is -2.17. The third-order valence-corrected chi connectivity index (χ3v) is 7.40. The highest BCUT2D eigenvalue weighted by molar-refractivity contribution is 7.91. The minimum Gasteiger partial charge on any atom is -0.274 e. The Kier molecular flexibility index (Phi) is 4.12. The molecule has 3 aliphatic rings. The van der Waals surface area contributed by atoms with Crippen molar-refractivity contribution >= 4 is 15.9 Å². The van der Waals surface area contributed by atoms with Gasteiger partial charge in [0.15, 0.2) is 0 Å². The van der Waals surface area contributed by atoms with Gasteiger partial charge in [-0.05, 0) is 44.4 Å². The molecule has 1 amide bonds. The summed E-state index contributed by atoms with van der Waals surface area (Å²) in [5, 5.41) is 0. The van der Waals surface area contributed by atoms with Crippen molar-refractivity contribution in [3.05, 3.63) is 12.2 Å². The topological polar surface area (TPSA) is 63.2 Å². The zero-order valence-corrected chi connectivity index (χ0v) is 13.3. The third-order valence-electron chi connectivity index (χ3n) is 5.18. The van der Waals surface area contributed by atoms with Crippen LogP contribution in [0, 0.1) is 11.8 Å². The van der Waals surface area contributed by atoms with Crippen LogP contribution in [0.2, 0.25) is 0 Å². The van der Waals surface area contributed by atoms with E-state index in [0.717, 1.165) is 25.7 Å². The van der Waals surface area contributed by atoms with Gasteiger partial charge in [-0.2, -0.15) is 0 Å². The molecule has 1 aliphatic heterocycles. The highest BCUT2D eigenvalue weighted by atomic mass is 32.2. The second-order valence-electron chi connectivity index (χ2n) is 6.89. The summed E-state index contributed by atoms with van der Waals surface area (Å²) in [5.41, 5.74) is 0. The van der Waals surface area contributed by atoms with Gasteiger partial charge >= 0.3 is 0 Å². The number of fused-ring (bicyclic) bond motifs is 1. The molecule has 5 heteroatoms. The Morgan fingerprint density at radius 1 is 1.05 bits per heavy atom. The Morgan fingerprint density at radius 2 is 1.76 bits per heavy atom. The Bertz CT molecular complexity index is 534. The van der Waals surface area contributed by atoms with Crippen molar-refractivity contribution < 1.29 is 13.2 Å². The van der Waals surface area contributed by atoms with E-state index in [4.69, 9.17) is 0 Å². The van der Waals surface area contributed by atoms with Crippen LogP contribution in [0.4, 0.5) is 0 Å². The van der Waals surface area contributed by atoms with Crippen LogP contribution in [0.3, 0.4) is 0 Å². The van der Waals surface area contributed by atoms with Gasteiger partial charge < -0.3 is 0 Å². The SMILES string of the molecule is O=C1NS(=O)(=O)C2(CCCCCCC/C=C\[C@@H]3C[C@H]13)CC2. The molecule has 0 saturated heterocycles. The highest BCUT2D eigenvalue weighted by Gasteiger charge is 2.55. The quantitative estimate of drug-likeness (QED) is 0.700. The molecule has 0 aromatic rings. The lowest BCUT2D eigenvalue weighted by Crippen LogP contribution is -2.40. The van der Waals surface area contributed by atoms with Crippen molar-refractivity contribution in [1.29, 1.82) is 0 Å². The molecule has 4 nitrogen and oxygen atoms in total. The van der Waals surface area contributed by atoms with Crippen LogP contribution >= 0.6 is 0 Å². The summed E-state index contributed by atoms with van der Waals surface area (Å²) >= 11 is 0. The van der Waals surface area contributed by atoms with Crippen molar-refractivity contribution in [3.8, 4) is 0 Å². The lowest BCUT2D eigenvalue weighted by atomic mass is 10.1. The Labute approximate surface area is 127 Å². The van der Waals surface area contributed by atoms with Crippen molar-refractivity contribution in [2.45, 2.75) is 69.0 Å². The number of amides is 1. The number of sulfonamides is 1. The van der Waals surface area contributed by atoms with E-state index in [0.29, 0.717) is 19.3 Å². The molecule has 0 unspecified atom stereocenters. The molecule has 0 aromatic carbocycles. The summed E-state index contributed by atoms with van der Waals surface area (Å²) < 4.78 is 26.6. The summed E-state index contributed by atoms with van der Waals surface area (Å²) in [4.78, 5) is 12.1. The largest absolute Gasteiger partial charge is 0.274 e. The van der Waals surface area contributed by atoms with E-state index in [9.17, 15) is 13.2 Å². The number of hydrogen-bond donors (Lipinski definition) is 1. The molecule has 1 spiro atoms. The minimum absolute atomic E-state index is 0.128. The van der Waals surface area contributed by atoms with Gasteiger partial charge in [0.2, 0.25) is 15.9 Å². The zero-order valence-electron chi connectivity index (χ0n) is 12.5. The van der Waals surface area contributed by atoms with Crippen LogP contribution in [0.1, 0.15) is 64.2 Å². The van der Waals surface area contributed by atoms with Crippen molar-refractivity contribution in [2.24, 2.45) is 11.8 Å². The molecule has 3 rings (SSSR count). The van der Waals surface area contributed by atoms with E-state index in [1.807, 2.05) is 0 Å². The molecule has 118 valence electrons. The smallest absolute Gasteiger partial charge is 0.240 e. The van der Waals surface area contributed by atoms with Crippen molar-refractivity contribution in [3.63, 3.8) is 0 Å². The normalized spacial score (nSPS) is 36.7. The molecule has 2 fully saturated rings. The first kappa shape index (κ1) is 15.1. The first-order chi connectivity index (χ1) is 10.0. The highest BCUT2D eigenvalue weighted by Crippen LogP contribution is 2.48. The van der Waals surface area contributed by atoms with Crippen LogP contribution in [-0.4, -0.2) is 19.1 Å². The van der Waals surface area contributed by atoms with Gasteiger partial charge in [0.25, 0.3) is 0 Å². The molecule has 0 radical (unpaired) electrons. The first-order valence-corrected chi connectivity index (χ1v) is 9.75. The average Bonchev–Trinajstić information content (AvgIpc) is 3.30. The summed E-state index contributed by atoms with van der Waals surface area (Å²) in [5.74, 6) is -0.164. The molecular formula is C16H25NO3S. The van der Waals surface area contributed by atoms with Crippen LogP contribution in [0.15, 0.2) is 12.2 Å². The maximum atomic E-state index is 12.4. The van der Waals surface area contributed by atoms with Gasteiger partial charge in [-0.1, -0.05) is 37.8 Å². The Morgan fingerprint density at radius 3 is 2.52 bits per heavy atom. The summed E-state index contributed by atoms with van der Waals surface area (Å²) in [6.07, 6.45) is 13.9. The van der Waals surface area contributed by atoms with Crippen LogP contribution in [0.5, 0.6) is 0 Å². The predicted molar refractivity (Wildman–Crippen MR) is 82.1 cm³/mol. The van der Waals surface area contributed by atoms with E-state index in [1.165, 1.54) is 19.3 Å². The zero-order chi connectivity index (χ0) is 14.9. The van der Waals surface area contributed by atoms with E-state index in [1.54, 1.807) is 0 Å². The maximum absolute atomic E-state index is 12.4. The fraction of sp³-hybridized carbons (Fsp3) is 0.812. The van der Waals surface area contributed by atoms with Crippen LogP contribution in [0.25, 0.3) is 0 Å². The minimum atomic E-state index is -3.49. The maximum Gasteiger partial charge on any atom is 0.240 e. The average molecular weight is 311 g/mol. The van der Waals surface area contributed by atoms with Gasteiger partial charge in [0.1, 0.15) is 0 Å². The summed E-state index contributed by atoms with van der Waals surface area (Å²) in [7, 11) is -3.49. The van der Waals surface area contributed by atoms with Gasteiger partial charge in [-0.3, -0.25) is 9.52 Å². The van der Waals surface area contributed by atoms with Crippen LogP contribution < -0.4 is 4.72 Å². The molecule has 0 bridgehead atoms. The van der Waals surface area contributed by atoms with E-state index in [-0.39, 0.29) is 17.7 Å². The second-order valence-corrected chi connectivity index (χ2v) is 8.97. The van der Waals surface area contributed by atoms with E-state index < -0.39 is 14.8 Å². The van der Waals surface area contributed by atoms with Crippen molar-refractivity contribution in [2.75, 3.05) is 0 Å². The molecular weight excluding hydrogens is 286 g/mol. The number of carbonyl (C=O) groups excluding carboxylic acids is 1. The molecule has 2 atom stereocenters. The fourth-order valence-corrected chi connectivity index (χ4v) is 5.03. The molecule has 0 aromatic heterocycles. The fourth-order valence-electron chi connectivity index (χ4n) is 3.35. The number of rotatable bonds is 0. The van der Waals surface area contributed by atoms with Gasteiger partial charge in [-0.15, -0.1) is 0 Å². The Hall–Kier alpha value is -0.840. The van der Waals surface area contributed by atoms with E-state index in [2.05, 4.69) is 16.9 Å². The lowest BCUT2D eigenvalue weighted by molar-refractivity contribution is -0.120. The number of nitrogens with one attached hydrogen (secondary N) is 1. The van der Waals surface area contributed by atoms with Gasteiger partial charge in [0, 0.05) is 5.92 Å². The number of hydrogen-bond acceptors (Lipinski definition) is 3. The molecule has 1 N–H and O–H groups in total. The summed E-state index contributed by atoms with van der Waals surface area (Å²) in [6, 6.07) is 0. The van der Waals surface area contributed by atoms with Crippen molar-refractivity contribution in [1.82, 2.24) is 4.72 Å². The molecule has 1 heterocycles. The summed E-state index contributed by atoms with van der Waals surface area (Å²) in [6.45, 7) is 0. The van der Waals surface area contributed by atoms with E-state index >= 15 is 0 Å². The van der Waals surface area contributed by atoms with Gasteiger partial charge in [0.05, 0.1) is 4.75 Å². The second kappa shape index (κ2) is 5.75. The molecule has 21 heavy (non-hydrogen) atoms. The van der Waals surface area contributed by atoms with Crippen LogP contribution in [-0.2, 0) is 14.8 Å². The third kappa shape index (κ3) is 3.33. The Balaban J connectivity index is 1.69. The molecule has 2 aliphatic carbocycles.